The Bertz CT molecular complexity index is 424. The minimum Gasteiger partial charge on any atom is -0.445 e. The van der Waals surface area contributed by atoms with Crippen molar-refractivity contribution in [1.82, 2.24) is 4.90 Å². The third-order valence-corrected chi connectivity index (χ3v) is 3.61. The second-order valence-corrected chi connectivity index (χ2v) is 5.18. The average molecular weight is 293 g/mol. The van der Waals surface area contributed by atoms with Crippen LogP contribution in [0, 0.1) is 0 Å². The van der Waals surface area contributed by atoms with Gasteiger partial charge < -0.3 is 19.5 Å². The number of aliphatic hydroxyl groups is 1. The van der Waals surface area contributed by atoms with Gasteiger partial charge in [0.25, 0.3) is 0 Å². The molecular weight excluding hydrogens is 270 g/mol. The van der Waals surface area contributed by atoms with Crippen LogP contribution in [0.25, 0.3) is 0 Å². The van der Waals surface area contributed by atoms with E-state index in [0.29, 0.717) is 26.4 Å². The highest BCUT2D eigenvalue weighted by atomic mass is 16.6. The first-order valence-electron chi connectivity index (χ1n) is 7.47. The Morgan fingerprint density at radius 2 is 2.10 bits per heavy atom. The summed E-state index contributed by atoms with van der Waals surface area (Å²) >= 11 is 0. The van der Waals surface area contributed by atoms with E-state index >= 15 is 0 Å². The van der Waals surface area contributed by atoms with E-state index in [1.807, 2.05) is 30.3 Å². The lowest BCUT2D eigenvalue weighted by Gasteiger charge is -2.34. The summed E-state index contributed by atoms with van der Waals surface area (Å²) in [6, 6.07) is 9.71. The molecule has 1 aliphatic rings. The summed E-state index contributed by atoms with van der Waals surface area (Å²) in [4.78, 5) is 14.0. The van der Waals surface area contributed by atoms with Gasteiger partial charge in [-0.2, -0.15) is 0 Å². The Morgan fingerprint density at radius 3 is 2.86 bits per heavy atom. The summed E-state index contributed by atoms with van der Waals surface area (Å²) in [5.41, 5.74) is 0.982. The maximum atomic E-state index is 12.2. The molecule has 0 bridgehead atoms. The third kappa shape index (κ3) is 5.02. The predicted molar refractivity (Wildman–Crippen MR) is 78.9 cm³/mol. The smallest absolute Gasteiger partial charge is 0.410 e. The van der Waals surface area contributed by atoms with Crippen LogP contribution >= 0.6 is 0 Å². The second kappa shape index (κ2) is 8.64. The standard InChI is InChI=1S/C16H23NO4/c18-10-11-20-13-15-8-4-5-9-17(15)16(19)21-12-14-6-2-1-3-7-14/h1-3,6-7,15,18H,4-5,8-13H2. The van der Waals surface area contributed by atoms with Crippen LogP contribution in [0.15, 0.2) is 30.3 Å². The monoisotopic (exact) mass is 293 g/mol. The lowest BCUT2D eigenvalue weighted by atomic mass is 10.0. The first-order chi connectivity index (χ1) is 10.3. The summed E-state index contributed by atoms with van der Waals surface area (Å²) in [6.07, 6.45) is 2.73. The molecule has 1 N–H and O–H groups in total. The lowest BCUT2D eigenvalue weighted by Crippen LogP contribution is -2.46. The minimum atomic E-state index is -0.281. The molecule has 0 radical (unpaired) electrons. The first kappa shape index (κ1) is 15.8. The van der Waals surface area contributed by atoms with E-state index in [-0.39, 0.29) is 18.7 Å². The van der Waals surface area contributed by atoms with Crippen LogP contribution in [0.3, 0.4) is 0 Å². The van der Waals surface area contributed by atoms with E-state index in [9.17, 15) is 4.79 Å². The van der Waals surface area contributed by atoms with Crippen LogP contribution in [-0.2, 0) is 16.1 Å². The number of piperidine rings is 1. The molecule has 1 heterocycles. The number of ether oxygens (including phenoxy) is 2. The molecule has 1 fully saturated rings. The van der Waals surface area contributed by atoms with Gasteiger partial charge in [0.05, 0.1) is 25.9 Å². The molecule has 0 aromatic heterocycles. The Labute approximate surface area is 125 Å². The van der Waals surface area contributed by atoms with Crippen molar-refractivity contribution in [2.75, 3.05) is 26.4 Å². The van der Waals surface area contributed by atoms with E-state index in [0.717, 1.165) is 24.8 Å². The van der Waals surface area contributed by atoms with Gasteiger partial charge in [0.15, 0.2) is 0 Å². The number of hydrogen-bond donors (Lipinski definition) is 1. The van der Waals surface area contributed by atoms with Crippen LogP contribution in [-0.4, -0.2) is 48.5 Å². The van der Waals surface area contributed by atoms with Crippen LogP contribution in [0.5, 0.6) is 0 Å². The fraction of sp³-hybridized carbons (Fsp3) is 0.562. The van der Waals surface area contributed by atoms with Gasteiger partial charge in [-0.15, -0.1) is 0 Å². The highest BCUT2D eigenvalue weighted by Gasteiger charge is 2.27. The van der Waals surface area contributed by atoms with E-state index in [1.54, 1.807) is 4.90 Å². The molecule has 5 heteroatoms. The lowest BCUT2D eigenvalue weighted by molar-refractivity contribution is 0.0169. The molecule has 1 atom stereocenters. The second-order valence-electron chi connectivity index (χ2n) is 5.18. The minimum absolute atomic E-state index is 0.00513. The van der Waals surface area contributed by atoms with Gasteiger partial charge >= 0.3 is 6.09 Å². The van der Waals surface area contributed by atoms with E-state index in [2.05, 4.69) is 0 Å². The molecule has 21 heavy (non-hydrogen) atoms. The first-order valence-corrected chi connectivity index (χ1v) is 7.47. The molecule has 1 saturated heterocycles. The molecule has 5 nitrogen and oxygen atoms in total. The molecule has 1 aromatic rings. The Hall–Kier alpha value is -1.59. The number of amides is 1. The van der Waals surface area contributed by atoms with Crippen LogP contribution in [0.4, 0.5) is 4.79 Å². The SMILES string of the molecule is O=C(OCc1ccccc1)N1CCCCC1COCCO. The van der Waals surface area contributed by atoms with Gasteiger partial charge in [-0.1, -0.05) is 30.3 Å². The van der Waals surface area contributed by atoms with Crippen molar-refractivity contribution in [3.05, 3.63) is 35.9 Å². The fourth-order valence-electron chi connectivity index (χ4n) is 2.50. The maximum absolute atomic E-state index is 12.2. The van der Waals surface area contributed by atoms with Gasteiger partial charge in [-0.3, -0.25) is 0 Å². The van der Waals surface area contributed by atoms with Crippen molar-refractivity contribution < 1.29 is 19.4 Å². The third-order valence-electron chi connectivity index (χ3n) is 3.61. The molecular formula is C16H23NO4. The molecule has 2 rings (SSSR count). The number of aliphatic hydroxyl groups excluding tert-OH is 1. The zero-order chi connectivity index (χ0) is 14.9. The van der Waals surface area contributed by atoms with Crippen molar-refractivity contribution in [2.24, 2.45) is 0 Å². The van der Waals surface area contributed by atoms with Crippen molar-refractivity contribution >= 4 is 6.09 Å². The number of rotatable bonds is 6. The molecule has 116 valence electrons. The van der Waals surface area contributed by atoms with Gasteiger partial charge in [-0.25, -0.2) is 4.79 Å². The van der Waals surface area contributed by atoms with E-state index < -0.39 is 0 Å². The molecule has 1 aliphatic heterocycles. The number of benzene rings is 1. The molecule has 0 spiro atoms. The highest BCUT2D eigenvalue weighted by Crippen LogP contribution is 2.18. The number of likely N-dealkylation sites (tertiary alicyclic amines) is 1. The van der Waals surface area contributed by atoms with Crippen molar-refractivity contribution in [2.45, 2.75) is 31.9 Å². The van der Waals surface area contributed by atoms with Gasteiger partial charge in [-0.05, 0) is 24.8 Å². The predicted octanol–water partition coefficient (Wildman–Crippen LogP) is 2.19. The molecule has 1 unspecified atom stereocenters. The van der Waals surface area contributed by atoms with Crippen LogP contribution < -0.4 is 0 Å². The Kier molecular flexibility index (Phi) is 6.50. The van der Waals surface area contributed by atoms with Crippen LogP contribution in [0.1, 0.15) is 24.8 Å². The molecule has 0 aliphatic carbocycles. The largest absolute Gasteiger partial charge is 0.445 e. The van der Waals surface area contributed by atoms with Crippen molar-refractivity contribution in [1.29, 1.82) is 0 Å². The number of hydrogen-bond acceptors (Lipinski definition) is 4. The van der Waals surface area contributed by atoms with Crippen molar-refractivity contribution in [3.8, 4) is 0 Å². The summed E-state index contributed by atoms with van der Waals surface area (Å²) in [5.74, 6) is 0. The van der Waals surface area contributed by atoms with Crippen LogP contribution in [0.2, 0.25) is 0 Å². The zero-order valence-electron chi connectivity index (χ0n) is 12.2. The Balaban J connectivity index is 1.83. The maximum Gasteiger partial charge on any atom is 0.410 e. The topological polar surface area (TPSA) is 59.0 Å². The summed E-state index contributed by atoms with van der Waals surface area (Å²) in [5, 5.41) is 8.75. The number of carbonyl (C=O) groups is 1. The van der Waals surface area contributed by atoms with Crippen molar-refractivity contribution in [3.63, 3.8) is 0 Å². The van der Waals surface area contributed by atoms with E-state index in [1.165, 1.54) is 0 Å². The van der Waals surface area contributed by atoms with Gasteiger partial charge in [0.2, 0.25) is 0 Å². The highest BCUT2D eigenvalue weighted by molar-refractivity contribution is 5.68. The summed E-state index contributed by atoms with van der Waals surface area (Å²) in [6.45, 7) is 1.77. The molecule has 1 aromatic carbocycles. The Morgan fingerprint density at radius 1 is 1.29 bits per heavy atom. The fourth-order valence-corrected chi connectivity index (χ4v) is 2.50. The quantitative estimate of drug-likeness (QED) is 0.817. The normalized spacial score (nSPS) is 18.5. The molecule has 1 amide bonds. The van der Waals surface area contributed by atoms with Gasteiger partial charge in [0.1, 0.15) is 6.61 Å². The number of nitrogens with zero attached hydrogens (tertiary/aromatic N) is 1. The number of carbonyl (C=O) groups excluding carboxylic acids is 1. The van der Waals surface area contributed by atoms with Gasteiger partial charge in [0, 0.05) is 6.54 Å². The molecule has 0 saturated carbocycles. The van der Waals surface area contributed by atoms with E-state index in [4.69, 9.17) is 14.6 Å². The summed E-state index contributed by atoms with van der Waals surface area (Å²) < 4.78 is 10.8. The zero-order valence-corrected chi connectivity index (χ0v) is 12.2. The summed E-state index contributed by atoms with van der Waals surface area (Å²) in [7, 11) is 0. The average Bonchev–Trinajstić information content (AvgIpc) is 2.54.